The third-order valence-electron chi connectivity index (χ3n) is 4.08. The second-order valence-electron chi connectivity index (χ2n) is 6.01. The lowest BCUT2D eigenvalue weighted by Crippen LogP contribution is -2.51. The summed E-state index contributed by atoms with van der Waals surface area (Å²) in [4.78, 5) is 27.3. The highest BCUT2D eigenvalue weighted by atomic mass is 16.4. The fraction of sp³-hybridized carbons (Fsp3) is 0.867. The van der Waals surface area contributed by atoms with Crippen molar-refractivity contribution in [2.75, 3.05) is 32.7 Å². The van der Waals surface area contributed by atoms with E-state index in [1.807, 2.05) is 9.80 Å². The van der Waals surface area contributed by atoms with Gasteiger partial charge in [0.05, 0.1) is 6.54 Å². The quantitative estimate of drug-likeness (QED) is 0.660. The molecule has 6 heteroatoms. The van der Waals surface area contributed by atoms with Gasteiger partial charge in [-0.3, -0.25) is 14.5 Å². The molecule has 0 saturated carbocycles. The lowest BCUT2D eigenvalue weighted by Gasteiger charge is -2.26. The summed E-state index contributed by atoms with van der Waals surface area (Å²) in [7, 11) is 0. The molecule has 1 unspecified atom stereocenters. The Bertz CT molecular complexity index is 354. The number of unbranched alkanes of at least 4 members (excludes halogenated alkanes) is 2. The molecule has 21 heavy (non-hydrogen) atoms. The number of hydrogen-bond donors (Lipinski definition) is 2. The maximum absolute atomic E-state index is 12.4. The zero-order chi connectivity index (χ0) is 15.9. The molecule has 1 amide bonds. The zero-order valence-corrected chi connectivity index (χ0v) is 13.3. The van der Waals surface area contributed by atoms with E-state index in [2.05, 4.69) is 13.8 Å². The normalized spacial score (nSPS) is 22.4. The SMILES string of the molecule is CCCCN(CCCC)C(=O)CN1CCC(N)(C(=O)O)C1. The monoisotopic (exact) mass is 299 g/mol. The smallest absolute Gasteiger partial charge is 0.325 e. The summed E-state index contributed by atoms with van der Waals surface area (Å²) in [6.45, 7) is 6.90. The molecule has 0 bridgehead atoms. The van der Waals surface area contributed by atoms with Crippen LogP contribution in [-0.2, 0) is 9.59 Å². The van der Waals surface area contributed by atoms with Gasteiger partial charge in [0, 0.05) is 26.2 Å². The second-order valence-corrected chi connectivity index (χ2v) is 6.01. The molecule has 1 fully saturated rings. The molecule has 1 rings (SSSR count). The summed E-state index contributed by atoms with van der Waals surface area (Å²) in [5.74, 6) is -0.891. The first-order chi connectivity index (χ1) is 9.92. The minimum absolute atomic E-state index is 0.0894. The first kappa shape index (κ1) is 17.9. The predicted molar refractivity (Wildman–Crippen MR) is 82.0 cm³/mol. The molecule has 1 aliphatic rings. The lowest BCUT2D eigenvalue weighted by atomic mass is 10.0. The van der Waals surface area contributed by atoms with Crippen molar-refractivity contribution in [3.63, 3.8) is 0 Å². The summed E-state index contributed by atoms with van der Waals surface area (Å²) in [6, 6.07) is 0. The summed E-state index contributed by atoms with van der Waals surface area (Å²) >= 11 is 0. The van der Waals surface area contributed by atoms with Gasteiger partial charge in [0.2, 0.25) is 5.91 Å². The van der Waals surface area contributed by atoms with Gasteiger partial charge in [0.1, 0.15) is 5.54 Å². The summed E-state index contributed by atoms with van der Waals surface area (Å²) in [5.41, 5.74) is 4.64. The van der Waals surface area contributed by atoms with Crippen LogP contribution in [0.5, 0.6) is 0 Å². The molecular formula is C15H29N3O3. The molecule has 0 aromatic rings. The van der Waals surface area contributed by atoms with Crippen LogP contribution in [0.4, 0.5) is 0 Å². The van der Waals surface area contributed by atoms with Gasteiger partial charge in [0.25, 0.3) is 0 Å². The van der Waals surface area contributed by atoms with Gasteiger partial charge in [-0.05, 0) is 19.3 Å². The number of nitrogens with zero attached hydrogens (tertiary/aromatic N) is 2. The molecule has 0 aromatic heterocycles. The number of nitrogens with two attached hydrogens (primary N) is 1. The van der Waals surface area contributed by atoms with Gasteiger partial charge in [-0.15, -0.1) is 0 Å². The van der Waals surface area contributed by atoms with Crippen molar-refractivity contribution < 1.29 is 14.7 Å². The highest BCUT2D eigenvalue weighted by Crippen LogP contribution is 2.19. The maximum Gasteiger partial charge on any atom is 0.325 e. The van der Waals surface area contributed by atoms with Crippen LogP contribution in [0.3, 0.4) is 0 Å². The second kappa shape index (κ2) is 8.34. The standard InChI is InChI=1S/C15H29N3O3/c1-3-5-8-18(9-6-4-2)13(19)11-17-10-7-15(16,12-17)14(20)21/h3-12,16H2,1-2H3,(H,20,21). The van der Waals surface area contributed by atoms with Crippen molar-refractivity contribution in [1.82, 2.24) is 9.80 Å². The number of likely N-dealkylation sites (tertiary alicyclic amines) is 1. The van der Waals surface area contributed by atoms with Crippen LogP contribution in [0, 0.1) is 0 Å². The van der Waals surface area contributed by atoms with Crippen LogP contribution >= 0.6 is 0 Å². The molecule has 3 N–H and O–H groups in total. The Kier molecular flexibility index (Phi) is 7.11. The van der Waals surface area contributed by atoms with E-state index in [1.54, 1.807) is 0 Å². The first-order valence-electron chi connectivity index (χ1n) is 7.95. The van der Waals surface area contributed by atoms with Gasteiger partial charge < -0.3 is 15.7 Å². The van der Waals surface area contributed by atoms with E-state index in [0.29, 0.717) is 13.0 Å². The Labute approximate surface area is 127 Å². The van der Waals surface area contributed by atoms with Crippen LogP contribution in [0.25, 0.3) is 0 Å². The van der Waals surface area contributed by atoms with Crippen LogP contribution in [0.15, 0.2) is 0 Å². The molecule has 0 aliphatic carbocycles. The van der Waals surface area contributed by atoms with E-state index in [1.165, 1.54) is 0 Å². The van der Waals surface area contributed by atoms with E-state index in [0.717, 1.165) is 38.8 Å². The molecule has 0 spiro atoms. The molecule has 1 heterocycles. The van der Waals surface area contributed by atoms with E-state index < -0.39 is 11.5 Å². The number of carboxylic acid groups (broad SMARTS) is 1. The minimum Gasteiger partial charge on any atom is -0.480 e. The molecule has 1 saturated heterocycles. The van der Waals surface area contributed by atoms with Crippen LogP contribution in [0.2, 0.25) is 0 Å². The van der Waals surface area contributed by atoms with Gasteiger partial charge in [-0.2, -0.15) is 0 Å². The maximum atomic E-state index is 12.4. The van der Waals surface area contributed by atoms with E-state index in [-0.39, 0.29) is 19.0 Å². The topological polar surface area (TPSA) is 86.9 Å². The Morgan fingerprint density at radius 2 is 1.81 bits per heavy atom. The zero-order valence-electron chi connectivity index (χ0n) is 13.3. The molecule has 122 valence electrons. The van der Waals surface area contributed by atoms with E-state index >= 15 is 0 Å². The average Bonchev–Trinajstić information content (AvgIpc) is 2.81. The predicted octanol–water partition coefficient (Wildman–Crippen LogP) is 0.903. The Balaban J connectivity index is 2.51. The molecular weight excluding hydrogens is 270 g/mol. The van der Waals surface area contributed by atoms with Crippen molar-refractivity contribution in [1.29, 1.82) is 0 Å². The van der Waals surface area contributed by atoms with Crippen LogP contribution < -0.4 is 5.73 Å². The number of rotatable bonds is 9. The first-order valence-corrected chi connectivity index (χ1v) is 7.95. The summed E-state index contributed by atoms with van der Waals surface area (Å²) in [6.07, 6.45) is 4.53. The Morgan fingerprint density at radius 1 is 1.24 bits per heavy atom. The third kappa shape index (κ3) is 5.28. The summed E-state index contributed by atoms with van der Waals surface area (Å²) in [5, 5.41) is 9.12. The molecule has 1 atom stereocenters. The fourth-order valence-corrected chi connectivity index (χ4v) is 2.57. The average molecular weight is 299 g/mol. The molecule has 0 aromatic carbocycles. The van der Waals surface area contributed by atoms with Crippen LogP contribution in [0.1, 0.15) is 46.0 Å². The molecule has 1 aliphatic heterocycles. The van der Waals surface area contributed by atoms with Gasteiger partial charge >= 0.3 is 5.97 Å². The number of carboxylic acids is 1. The van der Waals surface area contributed by atoms with Crippen molar-refractivity contribution in [2.45, 2.75) is 51.5 Å². The Hall–Kier alpha value is -1.14. The number of aliphatic carboxylic acids is 1. The van der Waals surface area contributed by atoms with Crippen LogP contribution in [-0.4, -0.2) is 65.0 Å². The number of carbonyl (C=O) groups excluding carboxylic acids is 1. The van der Waals surface area contributed by atoms with Crippen molar-refractivity contribution >= 4 is 11.9 Å². The van der Waals surface area contributed by atoms with Crippen molar-refractivity contribution in [2.24, 2.45) is 5.73 Å². The van der Waals surface area contributed by atoms with Gasteiger partial charge in [0.15, 0.2) is 0 Å². The molecule has 0 radical (unpaired) electrons. The number of amides is 1. The van der Waals surface area contributed by atoms with Gasteiger partial charge in [-0.1, -0.05) is 26.7 Å². The van der Waals surface area contributed by atoms with Crippen molar-refractivity contribution in [3.8, 4) is 0 Å². The van der Waals surface area contributed by atoms with E-state index in [9.17, 15) is 9.59 Å². The fourth-order valence-electron chi connectivity index (χ4n) is 2.57. The number of hydrogen-bond acceptors (Lipinski definition) is 4. The summed E-state index contributed by atoms with van der Waals surface area (Å²) < 4.78 is 0. The lowest BCUT2D eigenvalue weighted by molar-refractivity contribution is -0.143. The largest absolute Gasteiger partial charge is 0.480 e. The Morgan fingerprint density at radius 3 is 2.24 bits per heavy atom. The van der Waals surface area contributed by atoms with Crippen molar-refractivity contribution in [3.05, 3.63) is 0 Å². The van der Waals surface area contributed by atoms with E-state index in [4.69, 9.17) is 10.8 Å². The highest BCUT2D eigenvalue weighted by molar-refractivity contribution is 5.81. The minimum atomic E-state index is -1.20. The number of carbonyl (C=O) groups is 2. The highest BCUT2D eigenvalue weighted by Gasteiger charge is 2.41. The molecule has 6 nitrogen and oxygen atoms in total. The van der Waals surface area contributed by atoms with Gasteiger partial charge in [-0.25, -0.2) is 0 Å². The third-order valence-corrected chi connectivity index (χ3v) is 4.08.